The normalized spacial score (nSPS) is 27.5. The number of anilines is 1. The number of fused-ring (bicyclic) bond motifs is 1. The topological polar surface area (TPSA) is 143 Å². The lowest BCUT2D eigenvalue weighted by molar-refractivity contribution is -0.211. The summed E-state index contributed by atoms with van der Waals surface area (Å²) >= 11 is 13.4. The maximum Gasteiger partial charge on any atom is 0.259 e. The van der Waals surface area contributed by atoms with Crippen LogP contribution < -0.4 is 4.90 Å². The molecule has 0 unspecified atom stereocenters. The van der Waals surface area contributed by atoms with E-state index < -0.39 is 60.9 Å². The number of halogens is 3. The van der Waals surface area contributed by atoms with Gasteiger partial charge in [-0.25, -0.2) is 14.1 Å². The van der Waals surface area contributed by atoms with Crippen molar-refractivity contribution in [3.8, 4) is 11.3 Å². The summed E-state index contributed by atoms with van der Waals surface area (Å²) in [5, 5.41) is 40.6. The van der Waals surface area contributed by atoms with Crippen LogP contribution in [0.5, 0.6) is 0 Å². The van der Waals surface area contributed by atoms with E-state index in [0.29, 0.717) is 24.1 Å². The van der Waals surface area contributed by atoms with Gasteiger partial charge in [0, 0.05) is 18.4 Å². The van der Waals surface area contributed by atoms with Crippen LogP contribution in [0.1, 0.15) is 31.7 Å². The lowest BCUT2D eigenvalue weighted by Gasteiger charge is -2.46. The van der Waals surface area contributed by atoms with Crippen molar-refractivity contribution in [2.75, 3.05) is 18.6 Å². The number of amides is 1. The molecule has 2 fully saturated rings. The van der Waals surface area contributed by atoms with E-state index in [1.54, 1.807) is 16.5 Å². The number of thiazole rings is 1. The molecule has 0 bridgehead atoms. The first kappa shape index (κ1) is 31.2. The van der Waals surface area contributed by atoms with Gasteiger partial charge in [-0.05, 0) is 43.2 Å². The number of hydrogen-bond acceptors (Lipinski definition) is 10. The molecule has 44 heavy (non-hydrogen) atoms. The Morgan fingerprint density at radius 2 is 2.02 bits per heavy atom. The minimum absolute atomic E-state index is 0.00963. The van der Waals surface area contributed by atoms with Gasteiger partial charge in [0.05, 0.1) is 50.7 Å². The second kappa shape index (κ2) is 12.9. The third-order valence-electron chi connectivity index (χ3n) is 8.33. The van der Waals surface area contributed by atoms with Crippen LogP contribution in [0.4, 0.5) is 10.1 Å². The lowest BCUT2D eigenvalue weighted by atomic mass is 9.88. The Kier molecular flexibility index (Phi) is 9.18. The van der Waals surface area contributed by atoms with Crippen molar-refractivity contribution in [1.29, 1.82) is 0 Å². The van der Waals surface area contributed by atoms with Crippen LogP contribution in [0.3, 0.4) is 0 Å². The molecule has 4 aromatic rings. The number of aromatic nitrogens is 4. The molecule has 1 saturated carbocycles. The molecule has 15 heteroatoms. The van der Waals surface area contributed by atoms with Gasteiger partial charge in [-0.1, -0.05) is 41.3 Å². The molecule has 1 saturated heterocycles. The molecular formula is C29H30Cl2FN5O6S. The number of methoxy groups -OCH3 is 1. The van der Waals surface area contributed by atoms with Crippen LogP contribution in [0.15, 0.2) is 42.0 Å². The lowest BCUT2D eigenvalue weighted by Crippen LogP contribution is -2.63. The summed E-state index contributed by atoms with van der Waals surface area (Å²) in [6, 6.07) is 6.46. The van der Waals surface area contributed by atoms with Gasteiger partial charge < -0.3 is 29.7 Å². The van der Waals surface area contributed by atoms with E-state index in [1.165, 1.54) is 35.4 Å². The Balaban J connectivity index is 1.39. The van der Waals surface area contributed by atoms with Gasteiger partial charge in [0.1, 0.15) is 35.9 Å². The molecule has 7 atom stereocenters. The highest BCUT2D eigenvalue weighted by Gasteiger charge is 2.52. The van der Waals surface area contributed by atoms with Gasteiger partial charge in [-0.2, -0.15) is 0 Å². The Morgan fingerprint density at radius 1 is 1.23 bits per heavy atom. The molecular weight excluding hydrogens is 636 g/mol. The summed E-state index contributed by atoms with van der Waals surface area (Å²) < 4.78 is 28.4. The summed E-state index contributed by atoms with van der Waals surface area (Å²) in [6.45, 7) is -0.601. The third-order valence-corrected chi connectivity index (χ3v) is 9.90. The van der Waals surface area contributed by atoms with E-state index >= 15 is 0 Å². The van der Waals surface area contributed by atoms with Crippen LogP contribution in [-0.2, 0) is 14.3 Å². The number of carbonyl (C=O) groups excluding carboxylic acids is 1. The van der Waals surface area contributed by atoms with Crippen molar-refractivity contribution in [3.05, 3.63) is 57.9 Å². The number of aliphatic hydroxyl groups excluding tert-OH is 3. The van der Waals surface area contributed by atoms with Gasteiger partial charge in [-0.15, -0.1) is 16.4 Å². The molecule has 2 aliphatic rings. The number of nitrogens with zero attached hydrogens (tertiary/aromatic N) is 5. The first-order valence-electron chi connectivity index (χ1n) is 14.1. The molecule has 2 aromatic carbocycles. The fourth-order valence-corrected chi connectivity index (χ4v) is 7.15. The molecule has 0 spiro atoms. The predicted octanol–water partition coefficient (Wildman–Crippen LogP) is 4.01. The van der Waals surface area contributed by atoms with E-state index in [1.807, 2.05) is 12.1 Å². The maximum atomic E-state index is 14.6. The maximum absolute atomic E-state index is 14.6. The third kappa shape index (κ3) is 5.71. The van der Waals surface area contributed by atoms with Crippen LogP contribution in [-0.4, -0.2) is 91.5 Å². The molecule has 3 heterocycles. The van der Waals surface area contributed by atoms with Gasteiger partial charge in [0.25, 0.3) is 5.91 Å². The highest BCUT2D eigenvalue weighted by Crippen LogP contribution is 2.38. The fourth-order valence-electron chi connectivity index (χ4n) is 6.12. The molecule has 11 nitrogen and oxygen atoms in total. The first-order valence-corrected chi connectivity index (χ1v) is 15.7. The predicted molar refractivity (Wildman–Crippen MR) is 162 cm³/mol. The van der Waals surface area contributed by atoms with Gasteiger partial charge in [-0.3, -0.25) is 4.79 Å². The summed E-state index contributed by atoms with van der Waals surface area (Å²) in [5.74, 6) is -1.24. The number of hydrogen-bond donors (Lipinski definition) is 3. The van der Waals surface area contributed by atoms with Crippen LogP contribution in [0.2, 0.25) is 10.0 Å². The second-order valence-corrected chi connectivity index (χ2v) is 12.6. The molecule has 1 amide bonds. The number of ether oxygens (including phenoxy) is 2. The molecule has 1 aliphatic heterocycles. The average Bonchev–Trinajstić information content (AvgIpc) is 3.70. The molecule has 1 aliphatic carbocycles. The zero-order valence-corrected chi connectivity index (χ0v) is 25.8. The van der Waals surface area contributed by atoms with Crippen molar-refractivity contribution in [1.82, 2.24) is 20.0 Å². The summed E-state index contributed by atoms with van der Waals surface area (Å²) in [6.07, 6.45) is -1.50. The largest absolute Gasteiger partial charge is 0.394 e. The van der Waals surface area contributed by atoms with Crippen LogP contribution in [0.25, 0.3) is 21.5 Å². The summed E-state index contributed by atoms with van der Waals surface area (Å²) in [7, 11) is 1.38. The van der Waals surface area contributed by atoms with Crippen molar-refractivity contribution < 1.29 is 34.0 Å². The number of aliphatic hydroxyl groups is 3. The standard InChI is InChI=1S/C29H30Cl2FN5O6S/c1-42-27-25(36-11-19(34-35-36)14-8-16(30)24(31)17(32)9-14)26(40)22(12-38)43-28(27)29(41)37(20-4-2-3-5-21(20)39)15-6-7-18-23(10-15)44-13-33-18/h6-11,13,20-22,25-28,38-40H,2-5,12H2,1H3/t20-,21-,22+,25-,26-,27+,28+/m0/s1. The van der Waals surface area contributed by atoms with Crippen molar-refractivity contribution >= 4 is 56.3 Å². The fraction of sp³-hybridized carbons (Fsp3) is 0.448. The average molecular weight is 667 g/mol. The molecule has 6 rings (SSSR count). The Morgan fingerprint density at radius 3 is 2.75 bits per heavy atom. The summed E-state index contributed by atoms with van der Waals surface area (Å²) in [5.41, 5.74) is 3.58. The molecule has 0 radical (unpaired) electrons. The summed E-state index contributed by atoms with van der Waals surface area (Å²) in [4.78, 5) is 20.5. The first-order chi connectivity index (χ1) is 21.2. The van der Waals surface area contributed by atoms with E-state index in [-0.39, 0.29) is 15.7 Å². The zero-order valence-electron chi connectivity index (χ0n) is 23.5. The minimum Gasteiger partial charge on any atom is -0.394 e. The number of carbonyl (C=O) groups is 1. The SMILES string of the molecule is CO[C@@H]1[C@@H](n2cc(-c3cc(F)c(Cl)c(Cl)c3)nn2)[C@@H](O)[C@@H](CO)O[C@H]1C(=O)N(c1ccc2ncsc2c1)[C@H]1CCCC[C@@H]1O. The monoisotopic (exact) mass is 665 g/mol. The number of rotatable bonds is 7. The van der Waals surface area contributed by atoms with Gasteiger partial charge in [0.2, 0.25) is 0 Å². The Hall–Kier alpha value is -2.75. The Labute approximate surface area is 265 Å². The highest BCUT2D eigenvalue weighted by atomic mass is 35.5. The van der Waals surface area contributed by atoms with E-state index in [2.05, 4.69) is 15.3 Å². The van der Waals surface area contributed by atoms with E-state index in [9.17, 15) is 24.5 Å². The van der Waals surface area contributed by atoms with Crippen LogP contribution >= 0.6 is 34.5 Å². The van der Waals surface area contributed by atoms with E-state index in [4.69, 9.17) is 32.7 Å². The van der Waals surface area contributed by atoms with Gasteiger partial charge >= 0.3 is 0 Å². The number of benzene rings is 2. The molecule has 3 N–H and O–H groups in total. The van der Waals surface area contributed by atoms with Crippen LogP contribution in [0, 0.1) is 5.82 Å². The van der Waals surface area contributed by atoms with E-state index in [0.717, 1.165) is 29.1 Å². The van der Waals surface area contributed by atoms with Crippen molar-refractivity contribution in [2.24, 2.45) is 0 Å². The minimum atomic E-state index is -1.36. The van der Waals surface area contributed by atoms with Crippen molar-refractivity contribution in [3.63, 3.8) is 0 Å². The quantitative estimate of drug-likeness (QED) is 0.250. The Bertz CT molecular complexity index is 1630. The smallest absolute Gasteiger partial charge is 0.259 e. The zero-order chi connectivity index (χ0) is 31.1. The molecule has 234 valence electrons. The van der Waals surface area contributed by atoms with Gasteiger partial charge in [0.15, 0.2) is 6.10 Å². The second-order valence-electron chi connectivity index (χ2n) is 10.9. The van der Waals surface area contributed by atoms with Crippen molar-refractivity contribution in [2.45, 2.75) is 68.3 Å². The molecule has 2 aromatic heterocycles. The highest BCUT2D eigenvalue weighted by molar-refractivity contribution is 7.16.